The van der Waals surface area contributed by atoms with Crippen LogP contribution in [0.4, 0.5) is 0 Å². The molecule has 14 heteroatoms. The summed E-state index contributed by atoms with van der Waals surface area (Å²) >= 11 is 0. The third kappa shape index (κ3) is 20.2. The van der Waals surface area contributed by atoms with Crippen LogP contribution < -0.4 is 52.3 Å². The zero-order chi connectivity index (χ0) is 42.0. The molecule has 2 N–H and O–H groups in total. The fourth-order valence-corrected chi connectivity index (χ4v) is 10.3. The van der Waals surface area contributed by atoms with E-state index in [4.69, 9.17) is 39.6 Å². The minimum absolute atomic E-state index is 0. The smallest absolute Gasteiger partial charge is 0.550 e. The van der Waals surface area contributed by atoms with Gasteiger partial charge in [0.05, 0.1) is 14.1 Å². The summed E-state index contributed by atoms with van der Waals surface area (Å²) in [5.74, 6) is -4.33. The number of carbonyl (C=O) groups excluding carboxylic acids is 4. The fraction of sp³-hybridized carbons (Fsp3) is 0.0909. The van der Waals surface area contributed by atoms with E-state index < -0.39 is 38.0 Å². The van der Waals surface area contributed by atoms with Gasteiger partial charge in [-0.15, -0.1) is 0 Å². The first-order valence-corrected chi connectivity index (χ1v) is 20.5. The van der Waals surface area contributed by atoms with E-state index >= 15 is 0 Å². The van der Waals surface area contributed by atoms with Crippen molar-refractivity contribution in [3.05, 3.63) is 182 Å². The molecule has 0 aliphatic carbocycles. The number of rotatable bonds is 6. The second-order valence-electron chi connectivity index (χ2n) is 11.3. The van der Waals surface area contributed by atoms with Crippen molar-refractivity contribution in [3.63, 3.8) is 0 Å². The van der Waals surface area contributed by atoms with E-state index in [1.54, 1.807) is 0 Å². The number of carbonyl (C=O) groups is 4. The number of hydrogen-bond acceptors (Lipinski definition) is 10. The Morgan fingerprint density at radius 1 is 0.310 bits per heavy atom. The summed E-state index contributed by atoms with van der Waals surface area (Å²) in [5.41, 5.74) is 0. The molecule has 6 aromatic rings. The largest absolute Gasteiger partial charge is 2.00 e. The van der Waals surface area contributed by atoms with Crippen molar-refractivity contribution in [2.45, 2.75) is 27.7 Å². The Bertz CT molecular complexity index is 1750. The van der Waals surface area contributed by atoms with Gasteiger partial charge in [-0.05, 0) is 59.5 Å². The van der Waals surface area contributed by atoms with Gasteiger partial charge >= 0.3 is 34.1 Å². The van der Waals surface area contributed by atoms with Crippen molar-refractivity contribution >= 4 is 69.8 Å². The maximum absolute atomic E-state index is 9.25. The number of aliphatic carboxylic acids is 4. The molecular formula is C44H44Cu2N2O8P2. The molecule has 0 saturated carbocycles. The number of nitrogens with one attached hydrogen (secondary N) is 2. The van der Waals surface area contributed by atoms with Gasteiger partial charge in [-0.3, -0.25) is 0 Å². The zero-order valence-corrected chi connectivity index (χ0v) is 35.8. The van der Waals surface area contributed by atoms with Crippen molar-refractivity contribution in [3.8, 4) is 0 Å². The second-order valence-corrected chi connectivity index (χ2v) is 17.1. The standard InChI is InChI=1S/2C18H16NP.4C2H4O2.2Cu/c2*19-20(16-10-4-1-5-11-16,17-12-6-2-7-13-17)18-14-8-3-9-15-18;4*1-2(3)4;;/h2*1-15,19H;4*1H3,(H,3,4);;/q;;;;;;2*+2/p-4. The molecule has 0 spiro atoms. The van der Waals surface area contributed by atoms with Crippen molar-refractivity contribution in [1.82, 2.24) is 0 Å². The molecule has 0 aliphatic heterocycles. The molecule has 0 fully saturated rings. The van der Waals surface area contributed by atoms with Gasteiger partial charge < -0.3 is 49.9 Å². The Morgan fingerprint density at radius 2 is 0.397 bits per heavy atom. The Morgan fingerprint density at radius 3 is 0.483 bits per heavy atom. The van der Waals surface area contributed by atoms with Crippen LogP contribution in [0, 0.1) is 10.3 Å². The maximum Gasteiger partial charge on any atom is 2.00 e. The van der Waals surface area contributed by atoms with Crippen molar-refractivity contribution in [2.24, 2.45) is 0 Å². The Kier molecular flexibility index (Phi) is 28.2. The van der Waals surface area contributed by atoms with Gasteiger partial charge in [-0.1, -0.05) is 182 Å². The van der Waals surface area contributed by atoms with Gasteiger partial charge in [0.2, 0.25) is 0 Å². The number of carboxylic acids is 4. The minimum atomic E-state index is -2.28. The zero-order valence-electron chi connectivity index (χ0n) is 32.1. The monoisotopic (exact) mass is 916 g/mol. The van der Waals surface area contributed by atoms with Crippen LogP contribution in [0.15, 0.2) is 182 Å². The van der Waals surface area contributed by atoms with Gasteiger partial charge in [0.1, 0.15) is 0 Å². The van der Waals surface area contributed by atoms with Crippen LogP contribution in [0.5, 0.6) is 0 Å². The fourth-order valence-electron chi connectivity index (χ4n) is 4.80. The number of hydrogen-bond donors (Lipinski definition) is 2. The molecule has 58 heavy (non-hydrogen) atoms. The van der Waals surface area contributed by atoms with Crippen molar-refractivity contribution in [2.75, 3.05) is 0 Å². The number of benzene rings is 6. The van der Waals surface area contributed by atoms with Crippen molar-refractivity contribution < 1.29 is 73.7 Å². The molecule has 6 aromatic carbocycles. The topological polar surface area (TPSA) is 208 Å². The average Bonchev–Trinajstić information content (AvgIpc) is 3.19. The summed E-state index contributed by atoms with van der Waals surface area (Å²) in [7, 11) is -4.55. The minimum Gasteiger partial charge on any atom is -0.550 e. The van der Waals surface area contributed by atoms with E-state index in [-0.39, 0.29) is 34.1 Å². The molecular weight excluding hydrogens is 874 g/mol. The quantitative estimate of drug-likeness (QED) is 0.187. The first-order valence-electron chi connectivity index (χ1n) is 16.9. The summed E-state index contributed by atoms with van der Waals surface area (Å²) in [4.78, 5) is 35.6. The molecule has 10 nitrogen and oxygen atoms in total. The van der Waals surface area contributed by atoms with Crippen molar-refractivity contribution in [1.29, 1.82) is 10.3 Å². The van der Waals surface area contributed by atoms with Crippen LogP contribution in [-0.2, 0) is 53.3 Å². The molecule has 310 valence electrons. The summed E-state index contributed by atoms with van der Waals surface area (Å²) in [6, 6.07) is 61.1. The first-order chi connectivity index (χ1) is 26.6. The summed E-state index contributed by atoms with van der Waals surface area (Å²) < 4.78 is 0. The van der Waals surface area contributed by atoms with Crippen LogP contribution >= 0.6 is 14.1 Å². The summed E-state index contributed by atoms with van der Waals surface area (Å²) in [6.45, 7) is 3.89. The van der Waals surface area contributed by atoms with Crippen LogP contribution in [0.3, 0.4) is 0 Å². The number of carboxylic acid groups (broad SMARTS) is 4. The molecule has 0 saturated heterocycles. The molecule has 6 rings (SSSR count). The molecule has 0 aromatic heterocycles. The Labute approximate surface area is 361 Å². The molecule has 0 bridgehead atoms. The summed E-state index contributed by atoms with van der Waals surface area (Å²) in [6.07, 6.45) is 0. The van der Waals surface area contributed by atoms with Crippen LogP contribution in [0.25, 0.3) is 0 Å². The normalized spacial score (nSPS) is 9.45. The molecule has 0 heterocycles. The van der Waals surface area contributed by atoms with E-state index in [9.17, 15) is 10.3 Å². The molecule has 2 radical (unpaired) electrons. The molecule has 0 amide bonds. The van der Waals surface area contributed by atoms with E-state index in [0.29, 0.717) is 0 Å². The van der Waals surface area contributed by atoms with Gasteiger partial charge in [0.25, 0.3) is 0 Å². The van der Waals surface area contributed by atoms with E-state index in [0.717, 1.165) is 59.5 Å². The predicted octanol–water partition coefficient (Wildman–Crippen LogP) is 2.51. The van der Waals surface area contributed by atoms with Gasteiger partial charge in [-0.2, -0.15) is 0 Å². The summed E-state index contributed by atoms with van der Waals surface area (Å²) in [5, 5.41) is 60.6. The van der Waals surface area contributed by atoms with E-state index in [1.165, 1.54) is 0 Å². The predicted molar refractivity (Wildman–Crippen MR) is 218 cm³/mol. The molecule has 0 unspecified atom stereocenters. The van der Waals surface area contributed by atoms with Gasteiger partial charge in [-0.25, -0.2) is 0 Å². The van der Waals surface area contributed by atoms with Gasteiger partial charge in [0, 0.05) is 23.9 Å². The van der Waals surface area contributed by atoms with E-state index in [2.05, 4.69) is 72.8 Å². The Hall–Kier alpha value is -5.30. The van der Waals surface area contributed by atoms with E-state index in [1.807, 2.05) is 109 Å². The van der Waals surface area contributed by atoms with Gasteiger partial charge in [0.15, 0.2) is 0 Å². The maximum atomic E-state index is 9.25. The molecule has 0 atom stereocenters. The first kappa shape index (κ1) is 54.8. The SMILES string of the molecule is CC(=O)[O-].CC(=O)[O-].CC(=O)[O-].CC(=O)[O-].N=P(c1ccccc1)(c1ccccc1)c1ccccc1.N=P(c1ccccc1)(c1ccccc1)c1ccccc1.[Cu+2].[Cu+2]. The second kappa shape index (κ2) is 29.9. The Balaban J connectivity index is 0. The van der Waals surface area contributed by atoms with Crippen LogP contribution in [0.2, 0.25) is 0 Å². The van der Waals surface area contributed by atoms with Crippen LogP contribution in [0.1, 0.15) is 27.7 Å². The van der Waals surface area contributed by atoms with Crippen LogP contribution in [-0.4, -0.2) is 23.9 Å². The third-order valence-electron chi connectivity index (χ3n) is 6.86. The molecule has 0 aliphatic rings. The average molecular weight is 918 g/mol. The third-order valence-corrected chi connectivity index (χ3v) is 13.3.